The van der Waals surface area contributed by atoms with Gasteiger partial charge in [0, 0.05) is 12.6 Å². The van der Waals surface area contributed by atoms with E-state index in [4.69, 9.17) is 0 Å². The van der Waals surface area contributed by atoms with Crippen molar-refractivity contribution in [2.75, 3.05) is 0 Å². The Morgan fingerprint density at radius 1 is 1.36 bits per heavy atom. The summed E-state index contributed by atoms with van der Waals surface area (Å²) in [6, 6.07) is 0.231. The largest absolute Gasteiger partial charge is 0.352 e. The van der Waals surface area contributed by atoms with Crippen molar-refractivity contribution in [1.82, 2.24) is 29.9 Å². The van der Waals surface area contributed by atoms with Crippen LogP contribution < -0.4 is 10.9 Å². The molecule has 2 aromatic heterocycles. The molecule has 2 aromatic rings. The smallest absolute Gasteiger partial charge is 0.283 e. The maximum Gasteiger partial charge on any atom is 0.283 e. The van der Waals surface area contributed by atoms with E-state index in [1.807, 2.05) is 6.92 Å². The highest BCUT2D eigenvalue weighted by molar-refractivity contribution is 5.76. The maximum absolute atomic E-state index is 12.3. The second kappa shape index (κ2) is 6.25. The standard InChI is InChI=1S/C14H20N6O2/c1-2-20-13-12(17-18-20)14(22)19(9-15-13)8-11(21)16-10-6-4-3-5-7-10/h9-10H,2-8H2,1H3,(H,16,21). The Bertz CT molecular complexity index is 728. The van der Waals surface area contributed by atoms with Gasteiger partial charge in [0.2, 0.25) is 5.91 Å². The van der Waals surface area contributed by atoms with Gasteiger partial charge in [0.15, 0.2) is 11.2 Å². The summed E-state index contributed by atoms with van der Waals surface area (Å²) in [4.78, 5) is 28.6. The molecule has 22 heavy (non-hydrogen) atoms. The molecule has 1 N–H and O–H groups in total. The molecule has 0 aliphatic heterocycles. The zero-order valence-electron chi connectivity index (χ0n) is 12.7. The fraction of sp³-hybridized carbons (Fsp3) is 0.643. The number of hydrogen-bond acceptors (Lipinski definition) is 5. The van der Waals surface area contributed by atoms with Crippen LogP contribution in [0.5, 0.6) is 0 Å². The van der Waals surface area contributed by atoms with Crippen LogP contribution in [0.1, 0.15) is 39.0 Å². The predicted molar refractivity (Wildman–Crippen MR) is 80.3 cm³/mol. The normalized spacial score (nSPS) is 16.0. The van der Waals surface area contributed by atoms with Crippen molar-refractivity contribution in [3.63, 3.8) is 0 Å². The molecule has 3 rings (SSSR count). The first kappa shape index (κ1) is 14.7. The molecule has 0 radical (unpaired) electrons. The Balaban J connectivity index is 1.74. The average Bonchev–Trinajstić information content (AvgIpc) is 2.95. The Hall–Kier alpha value is -2.25. The molecular formula is C14H20N6O2. The van der Waals surface area contributed by atoms with E-state index in [9.17, 15) is 9.59 Å². The van der Waals surface area contributed by atoms with Crippen molar-refractivity contribution in [3.05, 3.63) is 16.7 Å². The van der Waals surface area contributed by atoms with Crippen molar-refractivity contribution in [2.24, 2.45) is 0 Å². The third-order valence-corrected chi connectivity index (χ3v) is 4.08. The molecule has 1 saturated carbocycles. The Morgan fingerprint density at radius 3 is 2.86 bits per heavy atom. The molecule has 8 nitrogen and oxygen atoms in total. The van der Waals surface area contributed by atoms with E-state index in [-0.39, 0.29) is 29.6 Å². The number of carbonyl (C=O) groups excluding carboxylic acids is 1. The van der Waals surface area contributed by atoms with Crippen LogP contribution in [-0.4, -0.2) is 36.5 Å². The SMILES string of the molecule is CCn1nnc2c(=O)n(CC(=O)NC3CCCCC3)cnc21. The van der Waals surface area contributed by atoms with E-state index in [0.717, 1.165) is 25.7 Å². The summed E-state index contributed by atoms with van der Waals surface area (Å²) < 4.78 is 2.85. The summed E-state index contributed by atoms with van der Waals surface area (Å²) >= 11 is 0. The fourth-order valence-electron chi connectivity index (χ4n) is 2.89. The Labute approximate surface area is 127 Å². The second-order valence-electron chi connectivity index (χ2n) is 5.66. The molecule has 0 saturated heterocycles. The number of aryl methyl sites for hydroxylation is 1. The van der Waals surface area contributed by atoms with Gasteiger partial charge in [-0.25, -0.2) is 9.67 Å². The Kier molecular flexibility index (Phi) is 4.17. The lowest BCUT2D eigenvalue weighted by atomic mass is 9.95. The number of hydrogen-bond donors (Lipinski definition) is 1. The number of fused-ring (bicyclic) bond motifs is 1. The van der Waals surface area contributed by atoms with Crippen molar-refractivity contribution in [2.45, 2.75) is 58.2 Å². The molecule has 1 amide bonds. The van der Waals surface area contributed by atoms with Crippen molar-refractivity contribution >= 4 is 17.1 Å². The first-order chi connectivity index (χ1) is 10.7. The second-order valence-corrected chi connectivity index (χ2v) is 5.66. The van der Waals surface area contributed by atoms with Gasteiger partial charge in [-0.3, -0.25) is 14.2 Å². The van der Waals surface area contributed by atoms with Crippen LogP contribution in [0.3, 0.4) is 0 Å². The number of nitrogens with zero attached hydrogens (tertiary/aromatic N) is 5. The third-order valence-electron chi connectivity index (χ3n) is 4.08. The molecule has 1 aliphatic carbocycles. The number of aromatic nitrogens is 5. The van der Waals surface area contributed by atoms with Crippen molar-refractivity contribution in [3.8, 4) is 0 Å². The molecule has 0 unspecified atom stereocenters. The van der Waals surface area contributed by atoms with Crippen LogP contribution in [0.15, 0.2) is 11.1 Å². The lowest BCUT2D eigenvalue weighted by Gasteiger charge is -2.22. The van der Waals surface area contributed by atoms with Crippen LogP contribution in [-0.2, 0) is 17.9 Å². The number of nitrogens with one attached hydrogen (secondary N) is 1. The van der Waals surface area contributed by atoms with Gasteiger partial charge < -0.3 is 5.32 Å². The predicted octanol–water partition coefficient (Wildman–Crippen LogP) is 0.457. The molecule has 2 heterocycles. The summed E-state index contributed by atoms with van der Waals surface area (Å²) in [5, 5.41) is 10.7. The maximum atomic E-state index is 12.3. The van der Waals surface area contributed by atoms with E-state index >= 15 is 0 Å². The molecule has 8 heteroatoms. The van der Waals surface area contributed by atoms with Gasteiger partial charge in [-0.1, -0.05) is 24.5 Å². The van der Waals surface area contributed by atoms with E-state index in [0.29, 0.717) is 12.2 Å². The van der Waals surface area contributed by atoms with Gasteiger partial charge in [0.25, 0.3) is 5.56 Å². The van der Waals surface area contributed by atoms with Gasteiger partial charge in [-0.15, -0.1) is 5.10 Å². The quantitative estimate of drug-likeness (QED) is 0.885. The third kappa shape index (κ3) is 2.86. The fourth-order valence-corrected chi connectivity index (χ4v) is 2.89. The highest BCUT2D eigenvalue weighted by Gasteiger charge is 2.17. The zero-order chi connectivity index (χ0) is 15.5. The average molecular weight is 304 g/mol. The van der Waals surface area contributed by atoms with Gasteiger partial charge in [0.05, 0.1) is 0 Å². The van der Waals surface area contributed by atoms with E-state index in [1.54, 1.807) is 4.68 Å². The van der Waals surface area contributed by atoms with Gasteiger partial charge in [-0.2, -0.15) is 0 Å². The summed E-state index contributed by atoms with van der Waals surface area (Å²) in [6.07, 6.45) is 6.96. The van der Waals surface area contributed by atoms with E-state index < -0.39 is 0 Å². The van der Waals surface area contributed by atoms with Crippen molar-refractivity contribution in [1.29, 1.82) is 0 Å². The summed E-state index contributed by atoms with van der Waals surface area (Å²) in [5.74, 6) is -0.155. The van der Waals surface area contributed by atoms with Crippen LogP contribution >= 0.6 is 0 Å². The number of carbonyl (C=O) groups is 1. The van der Waals surface area contributed by atoms with Gasteiger partial charge in [-0.05, 0) is 19.8 Å². The molecule has 118 valence electrons. The minimum atomic E-state index is -0.330. The molecule has 0 bridgehead atoms. The molecular weight excluding hydrogens is 284 g/mol. The lowest BCUT2D eigenvalue weighted by Crippen LogP contribution is -2.39. The topological polar surface area (TPSA) is 94.7 Å². The van der Waals surface area contributed by atoms with Crippen LogP contribution in [0, 0.1) is 0 Å². The highest BCUT2D eigenvalue weighted by Crippen LogP contribution is 2.17. The van der Waals surface area contributed by atoms with Gasteiger partial charge >= 0.3 is 0 Å². The van der Waals surface area contributed by atoms with E-state index in [1.165, 1.54) is 17.3 Å². The minimum Gasteiger partial charge on any atom is -0.352 e. The number of rotatable bonds is 4. The molecule has 1 aliphatic rings. The molecule has 1 fully saturated rings. The van der Waals surface area contributed by atoms with Crippen LogP contribution in [0.2, 0.25) is 0 Å². The van der Waals surface area contributed by atoms with Crippen LogP contribution in [0.25, 0.3) is 11.2 Å². The summed E-state index contributed by atoms with van der Waals surface area (Å²) in [7, 11) is 0. The summed E-state index contributed by atoms with van der Waals surface area (Å²) in [6.45, 7) is 2.46. The zero-order valence-corrected chi connectivity index (χ0v) is 12.7. The minimum absolute atomic E-state index is 0.0305. The Morgan fingerprint density at radius 2 is 2.14 bits per heavy atom. The monoisotopic (exact) mass is 304 g/mol. The first-order valence-corrected chi connectivity index (χ1v) is 7.77. The molecule has 0 aromatic carbocycles. The van der Waals surface area contributed by atoms with Gasteiger partial charge in [0.1, 0.15) is 12.9 Å². The summed E-state index contributed by atoms with van der Waals surface area (Å²) in [5.41, 5.74) is 0.328. The number of amides is 1. The van der Waals surface area contributed by atoms with Crippen LogP contribution in [0.4, 0.5) is 0 Å². The highest BCUT2D eigenvalue weighted by atomic mass is 16.2. The van der Waals surface area contributed by atoms with Crippen molar-refractivity contribution < 1.29 is 4.79 Å². The lowest BCUT2D eigenvalue weighted by molar-refractivity contribution is -0.122. The molecule has 0 spiro atoms. The first-order valence-electron chi connectivity index (χ1n) is 7.77. The van der Waals surface area contributed by atoms with E-state index in [2.05, 4.69) is 20.6 Å². The molecule has 0 atom stereocenters.